The molecule has 2 aromatic rings. The number of para-hydroxylation sites is 1. The SMILES string of the molecule is Cc1cc(Cl)ccc1S(=O)CCC(N)C(=O)Nc1ccccc1. The molecule has 0 aliphatic rings. The molecule has 2 rings (SSSR count). The molecule has 0 saturated carbocycles. The van der Waals surface area contributed by atoms with Gasteiger partial charge in [0, 0.05) is 21.4 Å². The maximum absolute atomic E-state index is 12.3. The highest BCUT2D eigenvalue weighted by Gasteiger charge is 2.16. The average Bonchev–Trinajstić information content (AvgIpc) is 2.53. The van der Waals surface area contributed by atoms with Crippen molar-refractivity contribution >= 4 is 34.0 Å². The summed E-state index contributed by atoms with van der Waals surface area (Å²) in [5, 5.41) is 3.36. The minimum Gasteiger partial charge on any atom is -0.325 e. The lowest BCUT2D eigenvalue weighted by molar-refractivity contribution is -0.117. The molecule has 2 aromatic carbocycles. The van der Waals surface area contributed by atoms with Crippen molar-refractivity contribution in [1.82, 2.24) is 0 Å². The van der Waals surface area contributed by atoms with Crippen LogP contribution in [0.5, 0.6) is 0 Å². The molecular formula is C17H19ClN2O2S. The molecule has 4 nitrogen and oxygen atoms in total. The maximum atomic E-state index is 12.3. The molecule has 0 bridgehead atoms. The third-order valence-corrected chi connectivity index (χ3v) is 5.16. The van der Waals surface area contributed by atoms with Gasteiger partial charge in [0.2, 0.25) is 5.91 Å². The van der Waals surface area contributed by atoms with Crippen molar-refractivity contribution in [3.05, 3.63) is 59.1 Å². The van der Waals surface area contributed by atoms with E-state index >= 15 is 0 Å². The number of carbonyl (C=O) groups excluding carboxylic acids is 1. The Morgan fingerprint density at radius 1 is 1.26 bits per heavy atom. The highest BCUT2D eigenvalue weighted by atomic mass is 35.5. The van der Waals surface area contributed by atoms with Gasteiger partial charge in [0.15, 0.2) is 0 Å². The normalized spacial score (nSPS) is 13.3. The lowest BCUT2D eigenvalue weighted by atomic mass is 10.2. The second-order valence-electron chi connectivity index (χ2n) is 5.21. The van der Waals surface area contributed by atoms with Crippen LogP contribution in [0, 0.1) is 6.92 Å². The first-order valence-corrected chi connectivity index (χ1v) is 8.93. The second kappa shape index (κ2) is 8.24. The van der Waals surface area contributed by atoms with E-state index in [0.29, 0.717) is 22.9 Å². The van der Waals surface area contributed by atoms with Gasteiger partial charge in [-0.2, -0.15) is 0 Å². The Labute approximate surface area is 143 Å². The Hall–Kier alpha value is -1.69. The molecule has 23 heavy (non-hydrogen) atoms. The van der Waals surface area contributed by atoms with Crippen LogP contribution >= 0.6 is 11.6 Å². The van der Waals surface area contributed by atoms with E-state index in [4.69, 9.17) is 17.3 Å². The predicted molar refractivity (Wildman–Crippen MR) is 95.1 cm³/mol. The lowest BCUT2D eigenvalue weighted by Crippen LogP contribution is -2.36. The van der Waals surface area contributed by atoms with E-state index in [0.717, 1.165) is 10.5 Å². The standard InChI is InChI=1S/C17H19ClN2O2S/c1-12-11-13(18)7-8-16(12)23(22)10-9-15(19)17(21)20-14-5-3-2-4-6-14/h2-8,11,15H,9-10,19H2,1H3,(H,20,21). The Morgan fingerprint density at radius 2 is 1.96 bits per heavy atom. The third kappa shape index (κ3) is 5.16. The number of halogens is 1. The summed E-state index contributed by atoms with van der Waals surface area (Å²) in [6, 6.07) is 13.7. The fourth-order valence-corrected chi connectivity index (χ4v) is 3.65. The topological polar surface area (TPSA) is 72.2 Å². The van der Waals surface area contributed by atoms with Crippen LogP contribution in [-0.4, -0.2) is 21.9 Å². The zero-order chi connectivity index (χ0) is 16.8. The van der Waals surface area contributed by atoms with Crippen LogP contribution in [0.2, 0.25) is 5.02 Å². The summed E-state index contributed by atoms with van der Waals surface area (Å²) in [5.74, 6) is 0.0484. The number of aryl methyl sites for hydroxylation is 1. The number of nitrogens with two attached hydrogens (primary N) is 1. The highest BCUT2D eigenvalue weighted by Crippen LogP contribution is 2.19. The maximum Gasteiger partial charge on any atom is 0.241 e. The summed E-state index contributed by atoms with van der Waals surface area (Å²) < 4.78 is 12.3. The molecule has 0 radical (unpaired) electrons. The largest absolute Gasteiger partial charge is 0.325 e. The van der Waals surface area contributed by atoms with Gasteiger partial charge in [-0.25, -0.2) is 0 Å². The van der Waals surface area contributed by atoms with Crippen molar-refractivity contribution in [1.29, 1.82) is 0 Å². The first-order valence-electron chi connectivity index (χ1n) is 7.23. The van der Waals surface area contributed by atoms with Crippen LogP contribution in [-0.2, 0) is 15.6 Å². The number of amides is 1. The second-order valence-corrected chi connectivity index (χ2v) is 7.19. The monoisotopic (exact) mass is 350 g/mol. The quantitative estimate of drug-likeness (QED) is 0.840. The molecule has 0 aromatic heterocycles. The van der Waals surface area contributed by atoms with Crippen LogP contribution in [0.4, 0.5) is 5.69 Å². The van der Waals surface area contributed by atoms with Crippen molar-refractivity contribution in [2.45, 2.75) is 24.3 Å². The van der Waals surface area contributed by atoms with E-state index in [-0.39, 0.29) is 5.91 Å². The number of hydrogen-bond acceptors (Lipinski definition) is 3. The molecule has 0 spiro atoms. The van der Waals surface area contributed by atoms with E-state index in [1.54, 1.807) is 30.3 Å². The fraction of sp³-hybridized carbons (Fsp3) is 0.235. The number of rotatable bonds is 6. The molecule has 1 amide bonds. The van der Waals surface area contributed by atoms with Crippen LogP contribution in [0.3, 0.4) is 0 Å². The van der Waals surface area contributed by atoms with Crippen molar-refractivity contribution in [3.63, 3.8) is 0 Å². The summed E-state index contributed by atoms with van der Waals surface area (Å²) >= 11 is 5.90. The molecule has 122 valence electrons. The number of benzene rings is 2. The minimum absolute atomic E-state index is 0.277. The number of carbonyl (C=O) groups is 1. The summed E-state index contributed by atoms with van der Waals surface area (Å²) in [5.41, 5.74) is 7.46. The summed E-state index contributed by atoms with van der Waals surface area (Å²) in [4.78, 5) is 12.7. The Balaban J connectivity index is 1.89. The molecule has 2 unspecified atom stereocenters. The Bertz CT molecular complexity index is 707. The number of nitrogens with one attached hydrogen (secondary N) is 1. The number of hydrogen-bond donors (Lipinski definition) is 2. The van der Waals surface area contributed by atoms with Gasteiger partial charge >= 0.3 is 0 Å². The Kier molecular flexibility index (Phi) is 6.33. The van der Waals surface area contributed by atoms with E-state index in [2.05, 4.69) is 5.32 Å². The lowest BCUT2D eigenvalue weighted by Gasteiger charge is -2.12. The average molecular weight is 351 g/mol. The molecule has 2 atom stereocenters. The predicted octanol–water partition coefficient (Wildman–Crippen LogP) is 3.11. The van der Waals surface area contributed by atoms with Crippen molar-refractivity contribution in [2.75, 3.05) is 11.1 Å². The van der Waals surface area contributed by atoms with Gasteiger partial charge in [0.05, 0.1) is 16.8 Å². The zero-order valence-electron chi connectivity index (χ0n) is 12.8. The fourth-order valence-electron chi connectivity index (χ4n) is 2.10. The molecule has 0 aliphatic heterocycles. The van der Waals surface area contributed by atoms with Gasteiger partial charge in [-0.1, -0.05) is 29.8 Å². The third-order valence-electron chi connectivity index (χ3n) is 3.37. The first kappa shape index (κ1) is 17.7. The molecule has 3 N–H and O–H groups in total. The molecule has 0 saturated heterocycles. The van der Waals surface area contributed by atoms with Crippen molar-refractivity contribution in [3.8, 4) is 0 Å². The van der Waals surface area contributed by atoms with E-state index in [1.807, 2.05) is 25.1 Å². The summed E-state index contributed by atoms with van der Waals surface area (Å²) in [6.07, 6.45) is 0.341. The van der Waals surface area contributed by atoms with Crippen LogP contribution in [0.1, 0.15) is 12.0 Å². The van der Waals surface area contributed by atoms with Gasteiger partial charge in [-0.15, -0.1) is 0 Å². The molecule has 6 heteroatoms. The Morgan fingerprint density at radius 3 is 2.61 bits per heavy atom. The molecule has 0 heterocycles. The van der Waals surface area contributed by atoms with Crippen molar-refractivity contribution < 1.29 is 9.00 Å². The van der Waals surface area contributed by atoms with Crippen LogP contribution < -0.4 is 11.1 Å². The molecule has 0 fully saturated rings. The van der Waals surface area contributed by atoms with Crippen LogP contribution in [0.15, 0.2) is 53.4 Å². The van der Waals surface area contributed by atoms with Gasteiger partial charge < -0.3 is 11.1 Å². The number of anilines is 1. The smallest absolute Gasteiger partial charge is 0.241 e. The minimum atomic E-state index is -1.21. The van der Waals surface area contributed by atoms with Gasteiger partial charge in [-0.3, -0.25) is 9.00 Å². The van der Waals surface area contributed by atoms with Gasteiger partial charge in [0.1, 0.15) is 0 Å². The summed E-state index contributed by atoms with van der Waals surface area (Å²) in [7, 11) is -1.21. The van der Waals surface area contributed by atoms with Crippen LogP contribution in [0.25, 0.3) is 0 Å². The van der Waals surface area contributed by atoms with E-state index in [1.165, 1.54) is 0 Å². The van der Waals surface area contributed by atoms with E-state index < -0.39 is 16.8 Å². The van der Waals surface area contributed by atoms with Crippen molar-refractivity contribution in [2.24, 2.45) is 5.73 Å². The van der Waals surface area contributed by atoms with Gasteiger partial charge in [0.25, 0.3) is 0 Å². The van der Waals surface area contributed by atoms with Gasteiger partial charge in [-0.05, 0) is 49.2 Å². The highest BCUT2D eigenvalue weighted by molar-refractivity contribution is 7.85. The molecular weight excluding hydrogens is 332 g/mol. The summed E-state index contributed by atoms with van der Waals surface area (Å²) in [6.45, 7) is 1.86. The first-order chi connectivity index (χ1) is 11.0. The molecule has 0 aliphatic carbocycles. The van der Waals surface area contributed by atoms with E-state index in [9.17, 15) is 9.00 Å². The zero-order valence-corrected chi connectivity index (χ0v) is 14.4.